The van der Waals surface area contributed by atoms with Crippen LogP contribution in [-0.4, -0.2) is 19.0 Å². The van der Waals surface area contributed by atoms with Gasteiger partial charge >= 0.3 is 6.18 Å². The third kappa shape index (κ3) is 4.99. The van der Waals surface area contributed by atoms with Crippen molar-refractivity contribution in [1.29, 1.82) is 0 Å². The molecule has 1 heterocycles. The van der Waals surface area contributed by atoms with E-state index in [1.54, 1.807) is 12.1 Å². The Kier molecular flexibility index (Phi) is 6.67. The van der Waals surface area contributed by atoms with E-state index < -0.39 is 17.6 Å². The van der Waals surface area contributed by atoms with Gasteiger partial charge in [0.05, 0.1) is 5.56 Å². The number of benzene rings is 2. The molecule has 3 rings (SSSR count). The predicted octanol–water partition coefficient (Wildman–Crippen LogP) is 4.85. The third-order valence-corrected chi connectivity index (χ3v) is 4.39. The zero-order valence-electron chi connectivity index (χ0n) is 14.0. The minimum atomic E-state index is -4.47. The Bertz CT molecular complexity index is 741. The molecule has 1 amide bonds. The summed E-state index contributed by atoms with van der Waals surface area (Å²) in [7, 11) is 0. The van der Waals surface area contributed by atoms with Crippen LogP contribution in [0.1, 0.15) is 40.2 Å². The quantitative estimate of drug-likeness (QED) is 0.794. The molecule has 0 spiro atoms. The summed E-state index contributed by atoms with van der Waals surface area (Å²) in [6, 6.07) is 11.9. The van der Waals surface area contributed by atoms with Crippen molar-refractivity contribution < 1.29 is 18.0 Å². The van der Waals surface area contributed by atoms with Crippen LogP contribution in [0.2, 0.25) is 0 Å². The molecule has 0 aromatic heterocycles. The zero-order valence-corrected chi connectivity index (χ0v) is 14.8. The number of amides is 1. The lowest BCUT2D eigenvalue weighted by Gasteiger charge is -2.23. The Labute approximate surface area is 156 Å². The molecule has 0 aliphatic carbocycles. The van der Waals surface area contributed by atoms with Crippen LogP contribution in [0.15, 0.2) is 48.5 Å². The lowest BCUT2D eigenvalue weighted by molar-refractivity contribution is -0.137. The molecule has 0 radical (unpaired) electrons. The van der Waals surface area contributed by atoms with E-state index in [-0.39, 0.29) is 18.0 Å². The van der Waals surface area contributed by atoms with Crippen molar-refractivity contribution in [2.24, 2.45) is 0 Å². The minimum absolute atomic E-state index is 0. The van der Waals surface area contributed by atoms with Crippen molar-refractivity contribution in [3.05, 3.63) is 65.2 Å². The largest absolute Gasteiger partial charge is 0.416 e. The van der Waals surface area contributed by atoms with Gasteiger partial charge in [0.2, 0.25) is 0 Å². The summed E-state index contributed by atoms with van der Waals surface area (Å²) in [5, 5.41) is 6.00. The second kappa shape index (κ2) is 8.56. The van der Waals surface area contributed by atoms with Crippen LogP contribution >= 0.6 is 12.4 Å². The lowest BCUT2D eigenvalue weighted by atomic mass is 9.91. The van der Waals surface area contributed by atoms with E-state index in [1.807, 2.05) is 12.1 Å². The van der Waals surface area contributed by atoms with Gasteiger partial charge in [0.25, 0.3) is 5.91 Å². The Morgan fingerprint density at radius 3 is 2.46 bits per heavy atom. The first-order valence-electron chi connectivity index (χ1n) is 8.23. The van der Waals surface area contributed by atoms with Crippen LogP contribution in [0.25, 0.3) is 0 Å². The van der Waals surface area contributed by atoms with Crippen molar-refractivity contribution in [2.75, 3.05) is 18.4 Å². The van der Waals surface area contributed by atoms with Crippen LogP contribution in [0.3, 0.4) is 0 Å². The van der Waals surface area contributed by atoms with E-state index in [9.17, 15) is 18.0 Å². The topological polar surface area (TPSA) is 41.1 Å². The van der Waals surface area contributed by atoms with E-state index in [2.05, 4.69) is 10.6 Å². The van der Waals surface area contributed by atoms with Gasteiger partial charge in [0.15, 0.2) is 0 Å². The predicted molar refractivity (Wildman–Crippen MR) is 97.9 cm³/mol. The first kappa shape index (κ1) is 20.3. The summed E-state index contributed by atoms with van der Waals surface area (Å²) in [5.74, 6) is -0.0971. The molecule has 1 fully saturated rings. The number of alkyl halides is 3. The number of rotatable bonds is 3. The number of carbonyl (C=O) groups is 1. The van der Waals surface area contributed by atoms with Crippen LogP contribution in [0, 0.1) is 0 Å². The summed E-state index contributed by atoms with van der Waals surface area (Å²) in [6.45, 7) is 1.98. The SMILES string of the molecule is Cl.O=C(Nc1ccc([C@@H]2CCCNC2)cc1)c1cccc(C(F)(F)F)c1. The highest BCUT2D eigenvalue weighted by Gasteiger charge is 2.30. The van der Waals surface area contributed by atoms with Crippen LogP contribution in [0.5, 0.6) is 0 Å². The van der Waals surface area contributed by atoms with Gasteiger partial charge in [-0.2, -0.15) is 13.2 Å². The Balaban J connectivity index is 0.00000243. The van der Waals surface area contributed by atoms with Gasteiger partial charge in [-0.3, -0.25) is 4.79 Å². The van der Waals surface area contributed by atoms with Gasteiger partial charge in [-0.05, 0) is 61.2 Å². The van der Waals surface area contributed by atoms with Gasteiger partial charge in [-0.25, -0.2) is 0 Å². The molecule has 7 heteroatoms. The van der Waals surface area contributed by atoms with E-state index >= 15 is 0 Å². The van der Waals surface area contributed by atoms with E-state index in [0.717, 1.165) is 38.1 Å². The summed E-state index contributed by atoms with van der Waals surface area (Å²) >= 11 is 0. The lowest BCUT2D eigenvalue weighted by Crippen LogP contribution is -2.28. The molecule has 1 saturated heterocycles. The number of hydrogen-bond acceptors (Lipinski definition) is 2. The molecule has 0 saturated carbocycles. The first-order valence-corrected chi connectivity index (χ1v) is 8.23. The maximum atomic E-state index is 12.7. The maximum absolute atomic E-state index is 12.7. The number of piperidine rings is 1. The smallest absolute Gasteiger partial charge is 0.322 e. The molecule has 140 valence electrons. The van der Waals surface area contributed by atoms with Gasteiger partial charge in [-0.1, -0.05) is 18.2 Å². The highest BCUT2D eigenvalue weighted by atomic mass is 35.5. The number of carbonyl (C=O) groups excluding carboxylic acids is 1. The summed E-state index contributed by atoms with van der Waals surface area (Å²) < 4.78 is 38.2. The summed E-state index contributed by atoms with van der Waals surface area (Å²) in [5.41, 5.74) is 0.912. The van der Waals surface area contributed by atoms with Gasteiger partial charge in [-0.15, -0.1) is 12.4 Å². The van der Waals surface area contributed by atoms with E-state index in [1.165, 1.54) is 17.7 Å². The van der Waals surface area contributed by atoms with E-state index in [0.29, 0.717) is 11.6 Å². The molecule has 2 N–H and O–H groups in total. The molecule has 2 aromatic rings. The molecule has 3 nitrogen and oxygen atoms in total. The zero-order chi connectivity index (χ0) is 17.9. The van der Waals surface area contributed by atoms with Gasteiger partial charge < -0.3 is 10.6 Å². The van der Waals surface area contributed by atoms with Crippen molar-refractivity contribution in [1.82, 2.24) is 5.32 Å². The normalized spacial score (nSPS) is 17.3. The average molecular weight is 385 g/mol. The Morgan fingerprint density at radius 1 is 1.12 bits per heavy atom. The molecule has 0 unspecified atom stereocenters. The van der Waals surface area contributed by atoms with Crippen molar-refractivity contribution in [3.8, 4) is 0 Å². The minimum Gasteiger partial charge on any atom is -0.322 e. The third-order valence-electron chi connectivity index (χ3n) is 4.39. The number of hydrogen-bond donors (Lipinski definition) is 2. The molecular weight excluding hydrogens is 365 g/mol. The van der Waals surface area contributed by atoms with Crippen LogP contribution < -0.4 is 10.6 Å². The van der Waals surface area contributed by atoms with E-state index in [4.69, 9.17) is 0 Å². The molecule has 26 heavy (non-hydrogen) atoms. The molecule has 0 bridgehead atoms. The van der Waals surface area contributed by atoms with Crippen LogP contribution in [0.4, 0.5) is 18.9 Å². The van der Waals surface area contributed by atoms with Gasteiger partial charge in [0.1, 0.15) is 0 Å². The van der Waals surface area contributed by atoms with Crippen LogP contribution in [-0.2, 0) is 6.18 Å². The first-order chi connectivity index (χ1) is 11.9. The summed E-state index contributed by atoms with van der Waals surface area (Å²) in [4.78, 5) is 12.2. The van der Waals surface area contributed by atoms with Crippen molar-refractivity contribution >= 4 is 24.0 Å². The molecular formula is C19H20ClF3N2O. The monoisotopic (exact) mass is 384 g/mol. The van der Waals surface area contributed by atoms with Crippen molar-refractivity contribution in [3.63, 3.8) is 0 Å². The molecule has 1 atom stereocenters. The molecule has 1 aliphatic heterocycles. The standard InChI is InChI=1S/C19H19F3N2O.ClH/c20-19(21,22)16-5-1-3-14(11-16)18(25)24-17-8-6-13(7-9-17)15-4-2-10-23-12-15;/h1,3,5-9,11,15,23H,2,4,10,12H2,(H,24,25);1H/t15-;/m1./s1. The fourth-order valence-corrected chi connectivity index (χ4v) is 3.01. The molecule has 1 aliphatic rings. The maximum Gasteiger partial charge on any atom is 0.416 e. The highest BCUT2D eigenvalue weighted by molar-refractivity contribution is 6.04. The average Bonchev–Trinajstić information content (AvgIpc) is 2.62. The summed E-state index contributed by atoms with van der Waals surface area (Å²) in [6.07, 6.45) is -2.20. The number of nitrogens with one attached hydrogen (secondary N) is 2. The second-order valence-electron chi connectivity index (χ2n) is 6.20. The Morgan fingerprint density at radius 2 is 1.85 bits per heavy atom. The molecule has 2 aromatic carbocycles. The number of halogens is 4. The van der Waals surface area contributed by atoms with Gasteiger partial charge in [0, 0.05) is 17.8 Å². The second-order valence-corrected chi connectivity index (χ2v) is 6.20. The fourth-order valence-electron chi connectivity index (χ4n) is 3.01. The number of anilines is 1. The van der Waals surface area contributed by atoms with Crippen molar-refractivity contribution in [2.45, 2.75) is 24.9 Å². The fraction of sp³-hybridized carbons (Fsp3) is 0.316. The highest BCUT2D eigenvalue weighted by Crippen LogP contribution is 2.30. The Hall–Kier alpha value is -2.05.